The van der Waals surface area contributed by atoms with Gasteiger partial charge in [-0.1, -0.05) is 218 Å². The summed E-state index contributed by atoms with van der Waals surface area (Å²) in [5.74, 6) is 0.0397. The second-order valence-corrected chi connectivity index (χ2v) is 17.4. The van der Waals surface area contributed by atoms with Gasteiger partial charge < -0.3 is 0 Å². The number of rotatable bonds is 6. The molecule has 0 spiro atoms. The molecule has 0 nitrogen and oxygen atoms in total. The Morgan fingerprint density at radius 3 is 1.68 bits per heavy atom. The highest BCUT2D eigenvalue weighted by Gasteiger charge is 2.46. The predicted octanol–water partition coefficient (Wildman–Crippen LogP) is 15.2. The molecule has 0 aliphatic heterocycles. The lowest BCUT2D eigenvalue weighted by atomic mass is 9.67. The third-order valence-corrected chi connectivity index (χ3v) is 14.3. The van der Waals surface area contributed by atoms with Crippen LogP contribution in [0, 0.1) is 0 Å². The molecule has 10 aromatic rings. The fourth-order valence-electron chi connectivity index (χ4n) is 11.8. The molecule has 0 aromatic heterocycles. The summed E-state index contributed by atoms with van der Waals surface area (Å²) in [6, 6.07) is 84.7. The molecular weight excluding hydrogens is 745 g/mol. The zero-order valence-corrected chi connectivity index (χ0v) is 34.4. The van der Waals surface area contributed by atoms with Crippen molar-refractivity contribution in [2.24, 2.45) is 0 Å². The van der Waals surface area contributed by atoms with Crippen LogP contribution in [0.3, 0.4) is 0 Å². The summed E-state index contributed by atoms with van der Waals surface area (Å²) in [5, 5.41) is 2.64. The van der Waals surface area contributed by atoms with E-state index in [0.717, 1.165) is 12.8 Å². The van der Waals surface area contributed by atoms with Crippen LogP contribution in [0.1, 0.15) is 67.1 Å². The molecule has 0 fully saturated rings. The molecule has 0 radical (unpaired) electrons. The highest BCUT2D eigenvalue weighted by atomic mass is 14.5. The van der Waals surface area contributed by atoms with Crippen molar-refractivity contribution in [1.29, 1.82) is 0 Å². The maximum atomic E-state index is 2.55. The van der Waals surface area contributed by atoms with E-state index in [-0.39, 0.29) is 5.92 Å². The minimum absolute atomic E-state index is 0.0397. The van der Waals surface area contributed by atoms with Crippen molar-refractivity contribution < 1.29 is 0 Å². The van der Waals surface area contributed by atoms with Crippen molar-refractivity contribution >= 4 is 10.8 Å². The van der Waals surface area contributed by atoms with Gasteiger partial charge >= 0.3 is 0 Å². The Balaban J connectivity index is 0.987. The third kappa shape index (κ3) is 5.07. The molecule has 0 saturated heterocycles. The summed E-state index contributed by atoms with van der Waals surface area (Å²) < 4.78 is 0. The molecule has 3 aliphatic carbocycles. The normalized spacial score (nSPS) is 14.1. The lowest BCUT2D eigenvalue weighted by Gasteiger charge is -2.34. The van der Waals surface area contributed by atoms with E-state index in [4.69, 9.17) is 0 Å². The van der Waals surface area contributed by atoms with Crippen LogP contribution >= 0.6 is 0 Å². The standard InChI is InChI=1S/C62H42/c1-4-17-40(18-5-1)60(44-32-34-53-52-27-14-15-30-58(52)62(59(53)39-44,46-21-6-2-7-22-46)47-23-8-3-9-24-47)43-31-33-49-45(35-43)38-57-55(49)37-42-20-11-13-26-50(42)61(57)54-29-16-28-51-48-25-12-10-19-41(48)36-56(51)54/h1-35,37,39,60H,36,38H2. The highest BCUT2D eigenvalue weighted by Crippen LogP contribution is 2.57. The summed E-state index contributed by atoms with van der Waals surface area (Å²) in [7, 11) is 0. The molecule has 0 saturated carbocycles. The molecule has 290 valence electrons. The Morgan fingerprint density at radius 2 is 0.887 bits per heavy atom. The maximum absolute atomic E-state index is 2.55. The summed E-state index contributed by atoms with van der Waals surface area (Å²) in [4.78, 5) is 0. The van der Waals surface area contributed by atoms with Crippen LogP contribution in [0.4, 0.5) is 0 Å². The van der Waals surface area contributed by atoms with Gasteiger partial charge in [-0.2, -0.15) is 0 Å². The lowest BCUT2D eigenvalue weighted by Crippen LogP contribution is -2.28. The minimum Gasteiger partial charge on any atom is -0.0622 e. The first kappa shape index (κ1) is 35.2. The molecule has 0 N–H and O–H groups in total. The SMILES string of the molecule is c1ccc(C(c2ccc3c(c2)Cc2c-3cc3ccccc3c2-c2cccc3c2Cc2ccccc2-3)c2ccc3c(c2)C(c2ccccc2)(c2ccccc2)c2ccccc2-3)cc1. The molecule has 62 heavy (non-hydrogen) atoms. The van der Waals surface area contributed by atoms with Gasteiger partial charge in [0.1, 0.15) is 0 Å². The molecule has 1 unspecified atom stereocenters. The molecule has 0 heterocycles. The number of hydrogen-bond acceptors (Lipinski definition) is 0. The molecule has 0 bridgehead atoms. The van der Waals surface area contributed by atoms with E-state index in [1.165, 1.54) is 116 Å². The van der Waals surface area contributed by atoms with E-state index in [9.17, 15) is 0 Å². The third-order valence-electron chi connectivity index (χ3n) is 14.3. The van der Waals surface area contributed by atoms with Crippen molar-refractivity contribution in [2.45, 2.75) is 24.2 Å². The van der Waals surface area contributed by atoms with Crippen molar-refractivity contribution in [1.82, 2.24) is 0 Å². The Labute approximate surface area is 363 Å². The number of hydrogen-bond donors (Lipinski definition) is 0. The summed E-state index contributed by atoms with van der Waals surface area (Å²) in [5.41, 5.74) is 25.3. The Morgan fingerprint density at radius 1 is 0.323 bits per heavy atom. The first-order valence-corrected chi connectivity index (χ1v) is 22.0. The van der Waals surface area contributed by atoms with Crippen molar-refractivity contribution in [3.8, 4) is 44.5 Å². The van der Waals surface area contributed by atoms with E-state index < -0.39 is 5.41 Å². The van der Waals surface area contributed by atoms with Crippen LogP contribution in [0.25, 0.3) is 55.3 Å². The first-order valence-electron chi connectivity index (χ1n) is 22.0. The van der Waals surface area contributed by atoms with Crippen LogP contribution in [-0.4, -0.2) is 0 Å². The van der Waals surface area contributed by atoms with Crippen LogP contribution in [0.2, 0.25) is 0 Å². The quantitative estimate of drug-likeness (QED) is 0.147. The first-order chi connectivity index (χ1) is 30.8. The molecule has 1 atom stereocenters. The van der Waals surface area contributed by atoms with Crippen LogP contribution < -0.4 is 0 Å². The van der Waals surface area contributed by atoms with E-state index in [2.05, 4.69) is 224 Å². The molecule has 3 aliphatic rings. The molecule has 10 aromatic carbocycles. The van der Waals surface area contributed by atoms with Gasteiger partial charge in [-0.05, 0) is 135 Å². The van der Waals surface area contributed by atoms with Gasteiger partial charge in [0.15, 0.2) is 0 Å². The van der Waals surface area contributed by atoms with Crippen molar-refractivity contribution in [2.75, 3.05) is 0 Å². The fourth-order valence-corrected chi connectivity index (χ4v) is 11.8. The van der Waals surface area contributed by atoms with Crippen LogP contribution in [0.5, 0.6) is 0 Å². The predicted molar refractivity (Wildman–Crippen MR) is 257 cm³/mol. The Bertz CT molecular complexity index is 3350. The van der Waals surface area contributed by atoms with Crippen molar-refractivity contribution in [3.63, 3.8) is 0 Å². The van der Waals surface area contributed by atoms with Gasteiger partial charge in [0.2, 0.25) is 0 Å². The second-order valence-electron chi connectivity index (χ2n) is 17.4. The minimum atomic E-state index is -0.456. The van der Waals surface area contributed by atoms with Gasteiger partial charge in [0, 0.05) is 5.92 Å². The zero-order chi connectivity index (χ0) is 40.8. The van der Waals surface area contributed by atoms with E-state index in [1.54, 1.807) is 0 Å². The fraction of sp³-hybridized carbons (Fsp3) is 0.0645. The highest BCUT2D eigenvalue weighted by molar-refractivity contribution is 6.06. The smallest absolute Gasteiger partial charge is 0.0622 e. The van der Waals surface area contributed by atoms with Gasteiger partial charge in [-0.15, -0.1) is 0 Å². The van der Waals surface area contributed by atoms with Crippen molar-refractivity contribution in [3.05, 3.63) is 286 Å². The van der Waals surface area contributed by atoms with E-state index in [0.29, 0.717) is 0 Å². The largest absolute Gasteiger partial charge is 0.0713 e. The van der Waals surface area contributed by atoms with Gasteiger partial charge in [0.05, 0.1) is 5.41 Å². The van der Waals surface area contributed by atoms with E-state index >= 15 is 0 Å². The summed E-state index contributed by atoms with van der Waals surface area (Å²) in [6.45, 7) is 0. The van der Waals surface area contributed by atoms with Gasteiger partial charge in [-0.25, -0.2) is 0 Å². The average Bonchev–Trinajstić information content (AvgIpc) is 4.00. The lowest BCUT2D eigenvalue weighted by molar-refractivity contribution is 0.765. The molecule has 0 amide bonds. The molecule has 0 heteroatoms. The Kier molecular flexibility index (Phi) is 7.81. The van der Waals surface area contributed by atoms with Crippen LogP contribution in [-0.2, 0) is 18.3 Å². The monoisotopic (exact) mass is 786 g/mol. The maximum Gasteiger partial charge on any atom is 0.0713 e. The summed E-state index contributed by atoms with van der Waals surface area (Å²) in [6.07, 6.45) is 1.87. The van der Waals surface area contributed by atoms with Crippen LogP contribution in [0.15, 0.2) is 224 Å². The van der Waals surface area contributed by atoms with Gasteiger partial charge in [0.25, 0.3) is 0 Å². The second kappa shape index (κ2) is 13.7. The van der Waals surface area contributed by atoms with Gasteiger partial charge in [-0.3, -0.25) is 0 Å². The zero-order valence-electron chi connectivity index (χ0n) is 34.4. The average molecular weight is 787 g/mol. The molecular formula is C62H42. The van der Waals surface area contributed by atoms with E-state index in [1.807, 2.05) is 0 Å². The summed E-state index contributed by atoms with van der Waals surface area (Å²) >= 11 is 0. The number of benzene rings is 10. The Hall–Kier alpha value is -7.54. The topological polar surface area (TPSA) is 0 Å². The number of fused-ring (bicyclic) bond motifs is 10. The molecule has 13 rings (SSSR count).